The van der Waals surface area contributed by atoms with Crippen molar-refractivity contribution >= 4 is 5.97 Å². The number of hydrogen-bond acceptors (Lipinski definition) is 3. The fourth-order valence-electron chi connectivity index (χ4n) is 2.52. The minimum atomic E-state index is -0.670. The third-order valence-corrected chi connectivity index (χ3v) is 3.98. The van der Waals surface area contributed by atoms with Gasteiger partial charge in [0.25, 0.3) is 0 Å². The van der Waals surface area contributed by atoms with E-state index in [1.807, 2.05) is 30.3 Å². The van der Waals surface area contributed by atoms with E-state index < -0.39 is 6.04 Å². The smallest absolute Gasteiger partial charge is 0.327 e. The second-order valence-corrected chi connectivity index (χ2v) is 6.19. The summed E-state index contributed by atoms with van der Waals surface area (Å²) in [6, 6.07) is 8.71. The maximum absolute atomic E-state index is 12.0. The van der Waals surface area contributed by atoms with E-state index in [0.29, 0.717) is 5.41 Å². The van der Waals surface area contributed by atoms with Crippen LogP contribution in [0.15, 0.2) is 30.3 Å². The van der Waals surface area contributed by atoms with Gasteiger partial charge in [0, 0.05) is 0 Å². The molecular formula is C16H23NO2. The lowest BCUT2D eigenvalue weighted by Crippen LogP contribution is -2.32. The minimum Gasteiger partial charge on any atom is -0.461 e. The lowest BCUT2D eigenvalue weighted by Gasteiger charge is -2.34. The van der Waals surface area contributed by atoms with Crippen molar-refractivity contribution in [1.29, 1.82) is 0 Å². The molecule has 3 nitrogen and oxygen atoms in total. The van der Waals surface area contributed by atoms with Crippen LogP contribution in [0.25, 0.3) is 0 Å². The van der Waals surface area contributed by atoms with Crippen LogP contribution in [-0.2, 0) is 9.53 Å². The zero-order valence-electron chi connectivity index (χ0n) is 11.8. The lowest BCUT2D eigenvalue weighted by atomic mass is 9.76. The van der Waals surface area contributed by atoms with Crippen LogP contribution in [0.5, 0.6) is 0 Å². The van der Waals surface area contributed by atoms with Crippen LogP contribution in [0.1, 0.15) is 51.1 Å². The third kappa shape index (κ3) is 3.80. The predicted octanol–water partition coefficient (Wildman–Crippen LogP) is 3.20. The summed E-state index contributed by atoms with van der Waals surface area (Å²) in [5.74, 6) is -0.309. The summed E-state index contributed by atoms with van der Waals surface area (Å²) < 4.78 is 5.54. The first-order valence-electron chi connectivity index (χ1n) is 6.99. The van der Waals surface area contributed by atoms with Crippen LogP contribution in [0, 0.1) is 5.41 Å². The van der Waals surface area contributed by atoms with Gasteiger partial charge in [-0.1, -0.05) is 44.2 Å². The van der Waals surface area contributed by atoms with Gasteiger partial charge in [-0.15, -0.1) is 0 Å². The lowest BCUT2D eigenvalue weighted by molar-refractivity contribution is -0.153. The Labute approximate surface area is 115 Å². The van der Waals surface area contributed by atoms with Crippen LogP contribution in [0.4, 0.5) is 0 Å². The van der Waals surface area contributed by atoms with Crippen molar-refractivity contribution in [2.75, 3.05) is 0 Å². The fraction of sp³-hybridized carbons (Fsp3) is 0.562. The summed E-state index contributed by atoms with van der Waals surface area (Å²) in [5.41, 5.74) is 7.12. The van der Waals surface area contributed by atoms with Crippen molar-refractivity contribution in [3.05, 3.63) is 35.9 Å². The molecule has 1 fully saturated rings. The Morgan fingerprint density at radius 2 is 1.84 bits per heavy atom. The molecule has 2 rings (SSSR count). The molecule has 0 saturated heterocycles. The van der Waals surface area contributed by atoms with Crippen LogP contribution in [0.3, 0.4) is 0 Å². The zero-order chi connectivity index (χ0) is 13.9. The van der Waals surface area contributed by atoms with E-state index >= 15 is 0 Å². The first-order valence-corrected chi connectivity index (χ1v) is 6.99. The number of nitrogens with two attached hydrogens (primary N) is 1. The van der Waals surface area contributed by atoms with Gasteiger partial charge in [0.05, 0.1) is 0 Å². The fourth-order valence-corrected chi connectivity index (χ4v) is 2.52. The van der Waals surface area contributed by atoms with E-state index in [0.717, 1.165) is 31.2 Å². The van der Waals surface area contributed by atoms with Gasteiger partial charge in [0.2, 0.25) is 0 Å². The molecule has 104 valence electrons. The van der Waals surface area contributed by atoms with Gasteiger partial charge in [0.1, 0.15) is 12.1 Å². The highest BCUT2D eigenvalue weighted by molar-refractivity contribution is 5.77. The second-order valence-electron chi connectivity index (χ2n) is 6.19. The van der Waals surface area contributed by atoms with Gasteiger partial charge in [-0.05, 0) is 36.7 Å². The number of esters is 1. The Hall–Kier alpha value is -1.35. The van der Waals surface area contributed by atoms with Crippen LogP contribution < -0.4 is 5.73 Å². The second kappa shape index (κ2) is 5.74. The normalized spacial score (nSPS) is 20.8. The Bertz CT molecular complexity index is 418. The van der Waals surface area contributed by atoms with E-state index in [4.69, 9.17) is 10.5 Å². The van der Waals surface area contributed by atoms with Crippen molar-refractivity contribution < 1.29 is 9.53 Å². The van der Waals surface area contributed by atoms with Crippen molar-refractivity contribution in [2.24, 2.45) is 11.1 Å². The van der Waals surface area contributed by atoms with Crippen LogP contribution >= 0.6 is 0 Å². The number of benzene rings is 1. The third-order valence-electron chi connectivity index (χ3n) is 3.98. The van der Waals surface area contributed by atoms with Crippen molar-refractivity contribution in [3.8, 4) is 0 Å². The quantitative estimate of drug-likeness (QED) is 0.850. The van der Waals surface area contributed by atoms with Crippen LogP contribution in [0.2, 0.25) is 0 Å². The molecule has 1 saturated carbocycles. The summed E-state index contributed by atoms with van der Waals surface area (Å²) in [6.45, 7) is 4.53. The van der Waals surface area contributed by atoms with Crippen molar-refractivity contribution in [2.45, 2.75) is 51.7 Å². The highest BCUT2D eigenvalue weighted by Crippen LogP contribution is 2.36. The molecular weight excluding hydrogens is 238 g/mol. The molecule has 0 spiro atoms. The molecule has 0 bridgehead atoms. The topological polar surface area (TPSA) is 52.3 Å². The predicted molar refractivity (Wildman–Crippen MR) is 75.5 cm³/mol. The number of rotatable bonds is 3. The number of carbonyl (C=O) groups is 1. The van der Waals surface area contributed by atoms with Gasteiger partial charge in [-0.2, -0.15) is 0 Å². The average molecular weight is 261 g/mol. The maximum Gasteiger partial charge on any atom is 0.327 e. The molecule has 0 amide bonds. The van der Waals surface area contributed by atoms with Gasteiger partial charge >= 0.3 is 5.97 Å². The highest BCUT2D eigenvalue weighted by atomic mass is 16.5. The number of hydrogen-bond donors (Lipinski definition) is 1. The first-order chi connectivity index (χ1) is 8.98. The maximum atomic E-state index is 12.0. The summed E-state index contributed by atoms with van der Waals surface area (Å²) in [7, 11) is 0. The largest absolute Gasteiger partial charge is 0.461 e. The van der Waals surface area contributed by atoms with Crippen LogP contribution in [-0.4, -0.2) is 12.1 Å². The molecule has 1 aliphatic rings. The van der Waals surface area contributed by atoms with E-state index in [9.17, 15) is 4.79 Å². The molecule has 0 heterocycles. The molecule has 3 heteroatoms. The summed E-state index contributed by atoms with van der Waals surface area (Å²) in [5, 5.41) is 0. The van der Waals surface area contributed by atoms with Gasteiger partial charge in [0.15, 0.2) is 0 Å². The monoisotopic (exact) mass is 261 g/mol. The van der Waals surface area contributed by atoms with Crippen molar-refractivity contribution in [3.63, 3.8) is 0 Å². The average Bonchev–Trinajstić information content (AvgIpc) is 2.41. The van der Waals surface area contributed by atoms with E-state index in [2.05, 4.69) is 13.8 Å². The summed E-state index contributed by atoms with van der Waals surface area (Å²) in [6.07, 6.45) is 4.13. The SMILES string of the molecule is CC1(C)CCC(OC(=O)[C@@H](N)c2ccccc2)CC1. The summed E-state index contributed by atoms with van der Waals surface area (Å²) in [4.78, 5) is 12.0. The molecule has 19 heavy (non-hydrogen) atoms. The van der Waals surface area contributed by atoms with E-state index in [1.165, 1.54) is 0 Å². The molecule has 0 aliphatic heterocycles. The number of ether oxygens (including phenoxy) is 1. The molecule has 1 aliphatic carbocycles. The van der Waals surface area contributed by atoms with E-state index in [1.54, 1.807) is 0 Å². The molecule has 2 N–H and O–H groups in total. The Kier molecular flexibility index (Phi) is 4.25. The van der Waals surface area contributed by atoms with Gasteiger partial charge in [-0.3, -0.25) is 0 Å². The molecule has 1 atom stereocenters. The first kappa shape index (κ1) is 14.1. The Morgan fingerprint density at radius 1 is 1.26 bits per heavy atom. The zero-order valence-corrected chi connectivity index (χ0v) is 11.8. The molecule has 0 aromatic heterocycles. The van der Waals surface area contributed by atoms with Crippen molar-refractivity contribution in [1.82, 2.24) is 0 Å². The van der Waals surface area contributed by atoms with Gasteiger partial charge < -0.3 is 10.5 Å². The Balaban J connectivity index is 1.88. The summed E-state index contributed by atoms with van der Waals surface area (Å²) >= 11 is 0. The molecule has 0 unspecified atom stereocenters. The molecule has 1 aromatic rings. The van der Waals surface area contributed by atoms with E-state index in [-0.39, 0.29) is 12.1 Å². The number of carbonyl (C=O) groups excluding carboxylic acids is 1. The standard InChI is InChI=1S/C16H23NO2/c1-16(2)10-8-13(9-11-16)19-15(18)14(17)12-6-4-3-5-7-12/h3-7,13-14H,8-11,17H2,1-2H3/t14-/m0/s1. The molecule has 0 radical (unpaired) electrons. The molecule has 1 aromatic carbocycles. The Morgan fingerprint density at radius 3 is 2.42 bits per heavy atom. The van der Waals surface area contributed by atoms with Gasteiger partial charge in [-0.25, -0.2) is 4.79 Å². The highest BCUT2D eigenvalue weighted by Gasteiger charge is 2.30. The minimum absolute atomic E-state index is 0.0373.